The molecule has 4 rings (SSSR count). The second kappa shape index (κ2) is 8.28. The Morgan fingerprint density at radius 3 is 2.61 bits per heavy atom. The summed E-state index contributed by atoms with van der Waals surface area (Å²) >= 11 is 6.54. The number of rotatable bonds is 4. The average Bonchev–Trinajstić information content (AvgIpc) is 3.00. The summed E-state index contributed by atoms with van der Waals surface area (Å²) in [6.07, 6.45) is 3.18. The van der Waals surface area contributed by atoms with E-state index in [4.69, 9.17) is 17.0 Å². The molecule has 0 N–H and O–H groups in total. The van der Waals surface area contributed by atoms with Gasteiger partial charge in [-0.1, -0.05) is 47.7 Å². The van der Waals surface area contributed by atoms with Crippen LogP contribution < -0.4 is 10.3 Å². The Balaban J connectivity index is 1.88. The van der Waals surface area contributed by atoms with Gasteiger partial charge in [-0.2, -0.15) is 4.98 Å². The summed E-state index contributed by atoms with van der Waals surface area (Å²) in [7, 11) is 0. The fourth-order valence-corrected chi connectivity index (χ4v) is 4.86. The number of carbonyl (C=O) groups excluding carboxylic acids is 1. The highest BCUT2D eigenvalue weighted by Gasteiger charge is 2.34. The molecule has 3 heterocycles. The number of thioether (sulfide) groups is 1. The molecule has 1 aliphatic heterocycles. The average molecular weight is 452 g/mol. The molecular weight excluding hydrogens is 430 g/mol. The van der Waals surface area contributed by atoms with E-state index < -0.39 is 0 Å². The summed E-state index contributed by atoms with van der Waals surface area (Å²) in [5.74, 6) is 0.528. The van der Waals surface area contributed by atoms with Crippen LogP contribution in [0.25, 0.3) is 11.7 Å². The summed E-state index contributed by atoms with van der Waals surface area (Å²) in [4.78, 5) is 32.7. The Bertz CT molecular complexity index is 1310. The van der Waals surface area contributed by atoms with Gasteiger partial charge in [-0.25, -0.2) is 0 Å². The van der Waals surface area contributed by atoms with Gasteiger partial charge >= 0.3 is 0 Å². The van der Waals surface area contributed by atoms with Gasteiger partial charge in [-0.05, 0) is 57.5 Å². The summed E-state index contributed by atoms with van der Waals surface area (Å²) < 4.78 is 8.00. The molecule has 0 bridgehead atoms. The predicted octanol–water partition coefficient (Wildman–Crippen LogP) is 4.71. The first-order chi connectivity index (χ1) is 14.8. The Labute approximate surface area is 189 Å². The lowest BCUT2D eigenvalue weighted by Gasteiger charge is -2.18. The van der Waals surface area contributed by atoms with E-state index >= 15 is 0 Å². The van der Waals surface area contributed by atoms with Crippen molar-refractivity contribution in [3.63, 3.8) is 0 Å². The molecular formula is C23H21N3O3S2. The van der Waals surface area contributed by atoms with Gasteiger partial charge in [0.05, 0.1) is 4.91 Å². The number of ether oxygens (including phenoxy) is 1. The highest BCUT2D eigenvalue weighted by atomic mass is 32.2. The number of thiocarbonyl (C=S) groups is 1. The number of nitrogens with zero attached hydrogens (tertiary/aromatic N) is 3. The van der Waals surface area contributed by atoms with Crippen molar-refractivity contribution in [3.05, 3.63) is 74.5 Å². The zero-order chi connectivity index (χ0) is 22.3. The first-order valence-corrected chi connectivity index (χ1v) is 11.0. The van der Waals surface area contributed by atoms with Crippen molar-refractivity contribution in [2.24, 2.45) is 0 Å². The van der Waals surface area contributed by atoms with Crippen molar-refractivity contribution in [1.82, 2.24) is 14.3 Å². The standard InChI is InChI=1S/C23H21N3O3S2/c1-13(2)26-22(28)18(31-23(26)30)12-16-20(29-17-9-8-14(3)11-15(17)4)24-19-7-5-6-10-25(19)21(16)27/h5-13H,1-4H3. The lowest BCUT2D eigenvalue weighted by molar-refractivity contribution is -0.123. The molecule has 0 radical (unpaired) electrons. The van der Waals surface area contributed by atoms with E-state index in [2.05, 4.69) is 4.98 Å². The third-order valence-electron chi connectivity index (χ3n) is 4.89. The first kappa shape index (κ1) is 21.3. The number of aromatic nitrogens is 2. The zero-order valence-electron chi connectivity index (χ0n) is 17.6. The third-order valence-corrected chi connectivity index (χ3v) is 6.22. The molecule has 0 saturated carbocycles. The summed E-state index contributed by atoms with van der Waals surface area (Å²) in [5.41, 5.74) is 2.37. The van der Waals surface area contributed by atoms with E-state index in [0.29, 0.717) is 20.6 Å². The SMILES string of the molecule is Cc1ccc(Oc2nc3ccccn3c(=O)c2C=C2SC(=S)N(C(C)C)C2=O)c(C)c1. The van der Waals surface area contributed by atoms with E-state index in [0.717, 1.165) is 11.1 Å². The second-order valence-corrected chi connectivity index (χ2v) is 9.26. The molecule has 1 fully saturated rings. The fraction of sp³-hybridized carbons (Fsp3) is 0.217. The molecule has 8 heteroatoms. The van der Waals surface area contributed by atoms with Crippen LogP contribution in [0.1, 0.15) is 30.5 Å². The lowest BCUT2D eigenvalue weighted by atomic mass is 10.1. The largest absolute Gasteiger partial charge is 0.438 e. The van der Waals surface area contributed by atoms with Crippen LogP contribution in [0, 0.1) is 13.8 Å². The van der Waals surface area contributed by atoms with Gasteiger partial charge in [0.2, 0.25) is 5.88 Å². The van der Waals surface area contributed by atoms with Crippen LogP contribution in [0.3, 0.4) is 0 Å². The molecule has 0 aliphatic carbocycles. The van der Waals surface area contributed by atoms with E-state index in [1.54, 1.807) is 29.3 Å². The van der Waals surface area contributed by atoms with Crippen LogP contribution in [0.4, 0.5) is 0 Å². The Morgan fingerprint density at radius 1 is 1.16 bits per heavy atom. The fourth-order valence-electron chi connectivity index (χ4n) is 3.36. The van der Waals surface area contributed by atoms with Crippen LogP contribution >= 0.6 is 24.0 Å². The topological polar surface area (TPSA) is 63.9 Å². The molecule has 1 saturated heterocycles. The predicted molar refractivity (Wildman–Crippen MR) is 128 cm³/mol. The number of benzene rings is 1. The van der Waals surface area contributed by atoms with Crippen LogP contribution in [-0.2, 0) is 4.79 Å². The number of carbonyl (C=O) groups is 1. The molecule has 6 nitrogen and oxygen atoms in total. The van der Waals surface area contributed by atoms with Crippen molar-refractivity contribution >= 4 is 45.9 Å². The van der Waals surface area contributed by atoms with Gasteiger partial charge < -0.3 is 4.74 Å². The van der Waals surface area contributed by atoms with Crippen molar-refractivity contribution < 1.29 is 9.53 Å². The van der Waals surface area contributed by atoms with Gasteiger partial charge in [0.15, 0.2) is 0 Å². The maximum atomic E-state index is 13.3. The van der Waals surface area contributed by atoms with E-state index in [1.807, 2.05) is 45.9 Å². The quantitative estimate of drug-likeness (QED) is 0.423. The molecule has 31 heavy (non-hydrogen) atoms. The smallest absolute Gasteiger partial charge is 0.269 e. The van der Waals surface area contributed by atoms with Crippen molar-refractivity contribution in [2.45, 2.75) is 33.7 Å². The maximum Gasteiger partial charge on any atom is 0.269 e. The van der Waals surface area contributed by atoms with E-state index in [1.165, 1.54) is 22.2 Å². The minimum absolute atomic E-state index is 0.0693. The zero-order valence-corrected chi connectivity index (χ0v) is 19.2. The molecule has 1 aromatic carbocycles. The summed E-state index contributed by atoms with van der Waals surface area (Å²) in [6, 6.07) is 11.0. The highest BCUT2D eigenvalue weighted by molar-refractivity contribution is 8.26. The van der Waals surface area contributed by atoms with Crippen LogP contribution in [0.15, 0.2) is 52.3 Å². The number of amides is 1. The minimum Gasteiger partial charge on any atom is -0.438 e. The van der Waals surface area contributed by atoms with Crippen LogP contribution in [0.5, 0.6) is 11.6 Å². The molecule has 0 atom stereocenters. The van der Waals surface area contributed by atoms with E-state index in [9.17, 15) is 9.59 Å². The number of hydrogen-bond donors (Lipinski definition) is 0. The minimum atomic E-state index is -0.319. The van der Waals surface area contributed by atoms with Crippen LogP contribution in [0.2, 0.25) is 0 Å². The van der Waals surface area contributed by atoms with Crippen LogP contribution in [-0.4, -0.2) is 30.6 Å². The van der Waals surface area contributed by atoms with Crippen molar-refractivity contribution in [2.75, 3.05) is 0 Å². The lowest BCUT2D eigenvalue weighted by Crippen LogP contribution is -2.34. The molecule has 1 amide bonds. The summed E-state index contributed by atoms with van der Waals surface area (Å²) in [5, 5.41) is 0. The number of hydrogen-bond acceptors (Lipinski definition) is 6. The van der Waals surface area contributed by atoms with Gasteiger partial charge in [0, 0.05) is 12.2 Å². The molecule has 158 valence electrons. The van der Waals surface area contributed by atoms with Crippen molar-refractivity contribution in [3.8, 4) is 11.6 Å². The van der Waals surface area contributed by atoms with Gasteiger partial charge in [0.1, 0.15) is 21.3 Å². The monoisotopic (exact) mass is 451 g/mol. The Kier molecular flexibility index (Phi) is 5.68. The van der Waals surface area contributed by atoms with E-state index in [-0.39, 0.29) is 29.0 Å². The molecule has 3 aromatic rings. The molecule has 2 aromatic heterocycles. The molecule has 0 spiro atoms. The second-order valence-electron chi connectivity index (χ2n) is 7.58. The Morgan fingerprint density at radius 2 is 1.94 bits per heavy atom. The maximum absolute atomic E-state index is 13.3. The summed E-state index contributed by atoms with van der Waals surface area (Å²) in [6.45, 7) is 7.73. The number of fused-ring (bicyclic) bond motifs is 1. The molecule has 0 unspecified atom stereocenters. The molecule has 1 aliphatic rings. The van der Waals surface area contributed by atoms with Crippen molar-refractivity contribution in [1.29, 1.82) is 0 Å². The van der Waals surface area contributed by atoms with Gasteiger partial charge in [-0.15, -0.1) is 0 Å². The normalized spacial score (nSPS) is 15.5. The van der Waals surface area contributed by atoms with Gasteiger partial charge in [0.25, 0.3) is 11.5 Å². The Hall–Kier alpha value is -2.97. The van der Waals surface area contributed by atoms with Gasteiger partial charge in [-0.3, -0.25) is 18.9 Å². The third kappa shape index (κ3) is 4.00. The first-order valence-electron chi connectivity index (χ1n) is 9.80. The number of aryl methyl sites for hydroxylation is 2. The number of pyridine rings is 1. The highest BCUT2D eigenvalue weighted by Crippen LogP contribution is 2.35.